The van der Waals surface area contributed by atoms with Gasteiger partial charge in [0.1, 0.15) is 16.4 Å². The Morgan fingerprint density at radius 3 is 2.15 bits per heavy atom. The van der Waals surface area contributed by atoms with Crippen molar-refractivity contribution in [3.8, 4) is 11.5 Å². The van der Waals surface area contributed by atoms with E-state index >= 15 is 0 Å². The molecule has 0 aromatic heterocycles. The smallest absolute Gasteiger partial charge is 0.339 e. The third kappa shape index (κ3) is 6.58. The maximum Gasteiger partial charge on any atom is 0.339 e. The molecule has 0 spiro atoms. The van der Waals surface area contributed by atoms with Gasteiger partial charge in [0.05, 0.1) is 0 Å². The highest BCUT2D eigenvalue weighted by Gasteiger charge is 2.19. The molecule has 0 aliphatic carbocycles. The first kappa shape index (κ1) is 24.8. The van der Waals surface area contributed by atoms with E-state index in [0.29, 0.717) is 36.2 Å². The van der Waals surface area contributed by atoms with Crippen LogP contribution in [0.5, 0.6) is 11.5 Å². The fraction of sp³-hybridized carbons (Fsp3) is 0.200. The lowest BCUT2D eigenvalue weighted by molar-refractivity contribution is 0.0951. The average Bonchev–Trinajstić information content (AvgIpc) is 2.80. The van der Waals surface area contributed by atoms with Crippen molar-refractivity contribution in [3.05, 3.63) is 89.0 Å². The number of amides is 2. The van der Waals surface area contributed by atoms with E-state index in [1.54, 1.807) is 38.1 Å². The molecule has 0 atom stereocenters. The van der Waals surface area contributed by atoms with E-state index in [0.717, 1.165) is 5.56 Å². The first-order valence-corrected chi connectivity index (χ1v) is 12.0. The zero-order valence-corrected chi connectivity index (χ0v) is 19.7. The monoisotopic (exact) mass is 482 g/mol. The molecule has 0 saturated heterocycles. The molecule has 3 rings (SSSR count). The lowest BCUT2D eigenvalue weighted by Crippen LogP contribution is -2.29. The SMILES string of the molecule is Cc1ccc(C)c(S(=O)(=O)Oc2ccc(C(=O)NCCCNC(=O)c3cccc(O)c3)cc2)c1. The van der Waals surface area contributed by atoms with Gasteiger partial charge in [0.25, 0.3) is 11.8 Å². The van der Waals surface area contributed by atoms with Crippen LogP contribution in [0.15, 0.2) is 71.6 Å². The van der Waals surface area contributed by atoms with Crippen LogP contribution in [0.4, 0.5) is 0 Å². The third-order valence-corrected chi connectivity index (χ3v) is 6.36. The summed E-state index contributed by atoms with van der Waals surface area (Å²) in [6.45, 7) is 4.17. The predicted molar refractivity (Wildman–Crippen MR) is 128 cm³/mol. The van der Waals surface area contributed by atoms with Crippen molar-refractivity contribution < 1.29 is 27.3 Å². The first-order valence-electron chi connectivity index (χ1n) is 10.6. The fourth-order valence-electron chi connectivity index (χ4n) is 3.15. The maximum atomic E-state index is 12.6. The molecule has 9 heteroatoms. The highest BCUT2D eigenvalue weighted by atomic mass is 32.2. The van der Waals surface area contributed by atoms with Gasteiger partial charge in [0.2, 0.25) is 0 Å². The second kappa shape index (κ2) is 10.8. The number of hydrogen-bond acceptors (Lipinski definition) is 6. The van der Waals surface area contributed by atoms with Crippen LogP contribution in [0.1, 0.15) is 38.3 Å². The fourth-order valence-corrected chi connectivity index (χ4v) is 4.40. The summed E-state index contributed by atoms with van der Waals surface area (Å²) < 4.78 is 30.4. The van der Waals surface area contributed by atoms with Gasteiger partial charge < -0.3 is 19.9 Å². The maximum absolute atomic E-state index is 12.6. The molecule has 0 saturated carbocycles. The molecular formula is C25H26N2O6S. The zero-order chi connectivity index (χ0) is 24.7. The Morgan fingerprint density at radius 1 is 0.853 bits per heavy atom. The van der Waals surface area contributed by atoms with E-state index in [-0.39, 0.29) is 28.2 Å². The summed E-state index contributed by atoms with van der Waals surface area (Å²) in [6, 6.07) is 16.9. The zero-order valence-electron chi connectivity index (χ0n) is 18.9. The predicted octanol–water partition coefficient (Wildman–Crippen LogP) is 3.33. The van der Waals surface area contributed by atoms with Crippen molar-refractivity contribution in [2.75, 3.05) is 13.1 Å². The van der Waals surface area contributed by atoms with Crippen LogP contribution in [0.25, 0.3) is 0 Å². The summed E-state index contributed by atoms with van der Waals surface area (Å²) >= 11 is 0. The standard InChI is InChI=1S/C25H26N2O6S/c1-17-7-8-18(2)23(15-17)34(31,32)33-22-11-9-19(10-12-22)24(29)26-13-4-14-27-25(30)20-5-3-6-21(28)16-20/h3,5-12,15-16,28H,4,13-14H2,1-2H3,(H,26,29)(H,27,30). The Morgan fingerprint density at radius 2 is 1.50 bits per heavy atom. The number of phenolic OH excluding ortho intramolecular Hbond substituents is 1. The van der Waals surface area contributed by atoms with Crippen molar-refractivity contribution in [2.45, 2.75) is 25.2 Å². The summed E-state index contributed by atoms with van der Waals surface area (Å²) in [7, 11) is -4.00. The second-order valence-electron chi connectivity index (χ2n) is 7.75. The minimum absolute atomic E-state index is 0.0132. The molecular weight excluding hydrogens is 456 g/mol. The van der Waals surface area contributed by atoms with E-state index in [2.05, 4.69) is 10.6 Å². The van der Waals surface area contributed by atoms with Crippen LogP contribution in [0.2, 0.25) is 0 Å². The third-order valence-electron chi connectivity index (χ3n) is 4.97. The molecule has 0 unspecified atom stereocenters. The highest BCUT2D eigenvalue weighted by Crippen LogP contribution is 2.22. The van der Waals surface area contributed by atoms with E-state index in [4.69, 9.17) is 4.18 Å². The average molecular weight is 483 g/mol. The van der Waals surface area contributed by atoms with E-state index in [9.17, 15) is 23.1 Å². The molecule has 34 heavy (non-hydrogen) atoms. The number of hydrogen-bond donors (Lipinski definition) is 3. The molecule has 0 radical (unpaired) electrons. The Kier molecular flexibility index (Phi) is 7.91. The minimum atomic E-state index is -4.00. The van der Waals surface area contributed by atoms with Crippen LogP contribution in [0, 0.1) is 13.8 Å². The van der Waals surface area contributed by atoms with Gasteiger partial charge in [-0.05, 0) is 79.9 Å². The molecule has 3 aromatic rings. The van der Waals surface area contributed by atoms with Crippen LogP contribution >= 0.6 is 0 Å². The van der Waals surface area contributed by atoms with Crippen LogP contribution in [0.3, 0.4) is 0 Å². The summed E-state index contributed by atoms with van der Waals surface area (Å²) in [4.78, 5) is 24.4. The largest absolute Gasteiger partial charge is 0.508 e. The number of carbonyl (C=O) groups excluding carboxylic acids is 2. The van der Waals surface area contributed by atoms with Gasteiger partial charge in [0, 0.05) is 24.2 Å². The van der Waals surface area contributed by atoms with Crippen LogP contribution in [-0.4, -0.2) is 38.4 Å². The highest BCUT2D eigenvalue weighted by molar-refractivity contribution is 7.87. The van der Waals surface area contributed by atoms with Crippen LogP contribution in [-0.2, 0) is 10.1 Å². The summed E-state index contributed by atoms with van der Waals surface area (Å²) in [6.07, 6.45) is 0.506. The Labute approximate surface area is 198 Å². The molecule has 8 nitrogen and oxygen atoms in total. The summed E-state index contributed by atoms with van der Waals surface area (Å²) in [5, 5.41) is 14.9. The number of rotatable bonds is 9. The minimum Gasteiger partial charge on any atom is -0.508 e. The van der Waals surface area contributed by atoms with Crippen molar-refractivity contribution >= 4 is 21.9 Å². The molecule has 3 N–H and O–H groups in total. The van der Waals surface area contributed by atoms with Crippen molar-refractivity contribution in [2.24, 2.45) is 0 Å². The quantitative estimate of drug-likeness (QED) is 0.318. The molecule has 2 amide bonds. The van der Waals surface area contributed by atoms with E-state index < -0.39 is 10.1 Å². The molecule has 0 aliphatic rings. The second-order valence-corrected chi connectivity index (χ2v) is 9.26. The molecule has 178 valence electrons. The van der Waals surface area contributed by atoms with Crippen molar-refractivity contribution in [1.82, 2.24) is 10.6 Å². The molecule has 0 fully saturated rings. The van der Waals surface area contributed by atoms with Gasteiger partial charge in [-0.3, -0.25) is 9.59 Å². The number of benzene rings is 3. The normalized spacial score (nSPS) is 11.0. The van der Waals surface area contributed by atoms with E-state index in [1.165, 1.54) is 36.4 Å². The first-order chi connectivity index (χ1) is 16.2. The van der Waals surface area contributed by atoms with Gasteiger partial charge in [-0.2, -0.15) is 8.42 Å². The molecule has 0 aliphatic heterocycles. The van der Waals surface area contributed by atoms with Crippen LogP contribution < -0.4 is 14.8 Å². The number of carbonyl (C=O) groups is 2. The van der Waals surface area contributed by atoms with Gasteiger partial charge >= 0.3 is 10.1 Å². The van der Waals surface area contributed by atoms with E-state index in [1.807, 2.05) is 6.07 Å². The topological polar surface area (TPSA) is 122 Å². The molecule has 0 bridgehead atoms. The van der Waals surface area contributed by atoms with Gasteiger partial charge in [-0.25, -0.2) is 0 Å². The summed E-state index contributed by atoms with van der Waals surface area (Å²) in [5.41, 5.74) is 2.09. The lowest BCUT2D eigenvalue weighted by atomic mass is 10.2. The Balaban J connectivity index is 1.47. The summed E-state index contributed by atoms with van der Waals surface area (Å²) in [5.74, 6) is -0.525. The van der Waals surface area contributed by atoms with Gasteiger partial charge in [-0.15, -0.1) is 0 Å². The van der Waals surface area contributed by atoms with Gasteiger partial charge in [-0.1, -0.05) is 18.2 Å². The number of aryl methyl sites for hydroxylation is 2. The van der Waals surface area contributed by atoms with Gasteiger partial charge in [0.15, 0.2) is 0 Å². The number of nitrogens with one attached hydrogen (secondary N) is 2. The lowest BCUT2D eigenvalue weighted by Gasteiger charge is -2.11. The number of phenols is 1. The Hall–Kier alpha value is -3.85. The molecule has 3 aromatic carbocycles. The van der Waals surface area contributed by atoms with Crippen molar-refractivity contribution in [3.63, 3.8) is 0 Å². The number of aromatic hydroxyl groups is 1. The Bertz CT molecular complexity index is 1290. The van der Waals surface area contributed by atoms with Crippen molar-refractivity contribution in [1.29, 1.82) is 0 Å². The molecule has 0 heterocycles.